The number of carbonyl (C=O) groups excluding carboxylic acids is 1. The van der Waals surface area contributed by atoms with E-state index in [4.69, 9.17) is 5.26 Å². The van der Waals surface area contributed by atoms with Gasteiger partial charge in [0.25, 0.3) is 0 Å². The molecule has 25 heavy (non-hydrogen) atoms. The zero-order valence-electron chi connectivity index (χ0n) is 17.8. The van der Waals surface area contributed by atoms with Gasteiger partial charge in [0.2, 0.25) is 0 Å². The van der Waals surface area contributed by atoms with Gasteiger partial charge in [0, 0.05) is 6.42 Å². The van der Waals surface area contributed by atoms with Gasteiger partial charge in [0.1, 0.15) is 5.78 Å². The highest BCUT2D eigenvalue weighted by Crippen LogP contribution is 2.43. The Balaban J connectivity index is 0. The van der Waals surface area contributed by atoms with Gasteiger partial charge in [0.15, 0.2) is 0 Å². The molecule has 0 heterocycles. The second kappa shape index (κ2) is 16.1. The van der Waals surface area contributed by atoms with E-state index < -0.39 is 0 Å². The Labute approximate surface area is 157 Å². The first-order valence-corrected chi connectivity index (χ1v) is 9.77. The molecular formula is C23H41NO. The average Bonchev–Trinajstić information content (AvgIpc) is 2.54. The molecule has 1 aliphatic rings. The Morgan fingerprint density at radius 3 is 2.20 bits per heavy atom. The zero-order valence-corrected chi connectivity index (χ0v) is 17.8. The quantitative estimate of drug-likeness (QED) is 0.387. The monoisotopic (exact) mass is 347 g/mol. The maximum absolute atomic E-state index is 9.44. The Morgan fingerprint density at radius 1 is 1.20 bits per heavy atom. The highest BCUT2D eigenvalue weighted by Gasteiger charge is 2.32. The van der Waals surface area contributed by atoms with E-state index >= 15 is 0 Å². The molecule has 0 aromatic heterocycles. The average molecular weight is 348 g/mol. The lowest BCUT2D eigenvalue weighted by molar-refractivity contribution is -0.114. The minimum atomic E-state index is 0.167. The van der Waals surface area contributed by atoms with Crippen molar-refractivity contribution in [3.63, 3.8) is 0 Å². The van der Waals surface area contributed by atoms with Crippen LogP contribution in [0.1, 0.15) is 93.4 Å². The van der Waals surface area contributed by atoms with Crippen LogP contribution in [0.3, 0.4) is 0 Å². The molecule has 0 amide bonds. The lowest BCUT2D eigenvalue weighted by Gasteiger charge is -2.40. The number of rotatable bonds is 5. The number of carbonyl (C=O) groups is 1. The van der Waals surface area contributed by atoms with Crippen LogP contribution >= 0.6 is 0 Å². The molecule has 0 N–H and O–H groups in total. The molecule has 0 aromatic carbocycles. The molecule has 0 spiro atoms. The Kier molecular flexibility index (Phi) is 16.7. The molecule has 2 heteroatoms. The van der Waals surface area contributed by atoms with Crippen LogP contribution in [-0.2, 0) is 4.79 Å². The minimum Gasteiger partial charge on any atom is -0.300 e. The summed E-state index contributed by atoms with van der Waals surface area (Å²) in [7, 11) is 0. The molecular weight excluding hydrogens is 306 g/mol. The van der Waals surface area contributed by atoms with Crippen molar-refractivity contribution < 1.29 is 4.79 Å². The fourth-order valence-electron chi connectivity index (χ4n) is 2.68. The van der Waals surface area contributed by atoms with Gasteiger partial charge in [-0.1, -0.05) is 45.1 Å². The lowest BCUT2D eigenvalue weighted by atomic mass is 9.66. The summed E-state index contributed by atoms with van der Waals surface area (Å²) in [6.07, 6.45) is 16.8. The molecule has 0 aromatic rings. The summed E-state index contributed by atoms with van der Waals surface area (Å²) in [6.45, 7) is 14.3. The number of allylic oxidation sites excluding steroid dienone is 4. The molecule has 2 atom stereocenters. The van der Waals surface area contributed by atoms with E-state index in [2.05, 4.69) is 39.0 Å². The predicted octanol–water partition coefficient (Wildman–Crippen LogP) is 7.27. The van der Waals surface area contributed by atoms with Crippen molar-refractivity contribution in [2.24, 2.45) is 17.3 Å². The highest BCUT2D eigenvalue weighted by molar-refractivity contribution is 5.72. The van der Waals surface area contributed by atoms with Gasteiger partial charge in [-0.25, -0.2) is 0 Å². The zero-order chi connectivity index (χ0) is 19.7. The van der Waals surface area contributed by atoms with E-state index in [-0.39, 0.29) is 5.78 Å². The molecule has 0 radical (unpaired) electrons. The Hall–Kier alpha value is -1.36. The molecule has 0 aliphatic heterocycles. The van der Waals surface area contributed by atoms with Gasteiger partial charge in [-0.05, 0) is 83.5 Å². The van der Waals surface area contributed by atoms with Crippen LogP contribution in [0, 0.1) is 28.6 Å². The van der Waals surface area contributed by atoms with Gasteiger partial charge in [-0.15, -0.1) is 0 Å². The van der Waals surface area contributed by atoms with Crippen molar-refractivity contribution in [1.29, 1.82) is 5.26 Å². The lowest BCUT2D eigenvalue weighted by Crippen LogP contribution is -2.29. The van der Waals surface area contributed by atoms with Crippen LogP contribution < -0.4 is 0 Å². The third-order valence-electron chi connectivity index (χ3n) is 4.85. The van der Waals surface area contributed by atoms with E-state index in [1.165, 1.54) is 39.5 Å². The summed E-state index contributed by atoms with van der Waals surface area (Å²) in [5.74, 6) is 1.92. The smallest absolute Gasteiger partial charge is 0.126 e. The van der Waals surface area contributed by atoms with Crippen molar-refractivity contribution in [3.8, 4) is 6.07 Å². The molecule has 0 bridgehead atoms. The largest absolute Gasteiger partial charge is 0.300 e. The van der Waals surface area contributed by atoms with E-state index in [1.54, 1.807) is 0 Å². The highest BCUT2D eigenvalue weighted by atomic mass is 16.1. The molecule has 2 nitrogen and oxygen atoms in total. The van der Waals surface area contributed by atoms with Crippen LogP contribution in [0.4, 0.5) is 0 Å². The van der Waals surface area contributed by atoms with Gasteiger partial charge >= 0.3 is 0 Å². The van der Waals surface area contributed by atoms with Gasteiger partial charge < -0.3 is 4.79 Å². The molecule has 1 unspecified atom stereocenters. The first kappa shape index (κ1) is 25.9. The topological polar surface area (TPSA) is 40.9 Å². The first-order chi connectivity index (χ1) is 11.7. The van der Waals surface area contributed by atoms with Crippen molar-refractivity contribution in [2.45, 2.75) is 93.4 Å². The maximum Gasteiger partial charge on any atom is 0.126 e. The van der Waals surface area contributed by atoms with Crippen LogP contribution in [0.25, 0.3) is 0 Å². The van der Waals surface area contributed by atoms with Crippen molar-refractivity contribution >= 4 is 5.78 Å². The summed E-state index contributed by atoms with van der Waals surface area (Å²) in [5, 5.41) is 8.43. The van der Waals surface area contributed by atoms with E-state index in [9.17, 15) is 4.79 Å². The van der Waals surface area contributed by atoms with E-state index in [0.29, 0.717) is 11.8 Å². The molecule has 0 saturated heterocycles. The third kappa shape index (κ3) is 17.3. The number of nitriles is 1. The summed E-state index contributed by atoms with van der Waals surface area (Å²) < 4.78 is 0. The fourth-order valence-corrected chi connectivity index (χ4v) is 2.68. The fraction of sp³-hybridized carbons (Fsp3) is 0.739. The van der Waals surface area contributed by atoms with Crippen LogP contribution in [-0.4, -0.2) is 5.78 Å². The summed E-state index contributed by atoms with van der Waals surface area (Å²) in [6, 6.07) is 2.19. The van der Waals surface area contributed by atoms with E-state index in [1.807, 2.05) is 26.0 Å². The Morgan fingerprint density at radius 2 is 1.76 bits per heavy atom. The van der Waals surface area contributed by atoms with Crippen LogP contribution in [0.2, 0.25) is 0 Å². The van der Waals surface area contributed by atoms with Gasteiger partial charge in [-0.2, -0.15) is 5.26 Å². The minimum absolute atomic E-state index is 0.167. The second-order valence-electron chi connectivity index (χ2n) is 7.86. The van der Waals surface area contributed by atoms with Crippen LogP contribution in [0.5, 0.6) is 0 Å². The molecule has 144 valence electrons. The van der Waals surface area contributed by atoms with E-state index in [0.717, 1.165) is 24.7 Å². The second-order valence-corrected chi connectivity index (χ2v) is 7.86. The normalized spacial score (nSPS) is 21.7. The summed E-state index contributed by atoms with van der Waals surface area (Å²) in [5.41, 5.74) is 0.549. The summed E-state index contributed by atoms with van der Waals surface area (Å²) >= 11 is 0. The maximum atomic E-state index is 9.44. The van der Waals surface area contributed by atoms with Crippen molar-refractivity contribution in [2.75, 3.05) is 0 Å². The predicted molar refractivity (Wildman–Crippen MR) is 110 cm³/mol. The van der Waals surface area contributed by atoms with Crippen molar-refractivity contribution in [1.82, 2.24) is 0 Å². The first-order valence-electron chi connectivity index (χ1n) is 9.77. The summed E-state index contributed by atoms with van der Waals surface area (Å²) in [4.78, 5) is 9.44. The molecule has 1 rings (SSSR count). The van der Waals surface area contributed by atoms with Gasteiger partial charge in [-0.3, -0.25) is 0 Å². The molecule has 1 aliphatic carbocycles. The SMILES string of the molecule is C/C=C\C.CC(C)=O.C[C@H]1CC(C/C=C\CCCC#N)CCC1(C)C. The van der Waals surface area contributed by atoms with Gasteiger partial charge in [0.05, 0.1) is 6.07 Å². The standard InChI is InChI=1S/C16H27N.C4H8.C3H6O/c1-14-13-15(10-11-16(14,2)3)9-7-5-4-6-8-12-17;1-3-4-2;1-3(2)4/h5,7,14-15H,4,6,8-11,13H2,1-3H3;3-4H,1-2H3;1-2H3/b7-5-;4-3-;/t14-,15?;;/m0../s1. The number of unbranched alkanes of at least 4 members (excludes halogenated alkanes) is 2. The molecule has 1 saturated carbocycles. The number of hydrogen-bond donors (Lipinski definition) is 0. The number of hydrogen-bond acceptors (Lipinski definition) is 2. The molecule has 1 fully saturated rings. The van der Waals surface area contributed by atoms with Crippen molar-refractivity contribution in [3.05, 3.63) is 24.3 Å². The number of ketones is 1. The third-order valence-corrected chi connectivity index (χ3v) is 4.85. The Bertz CT molecular complexity index is 418. The van der Waals surface area contributed by atoms with Crippen LogP contribution in [0.15, 0.2) is 24.3 Å². The number of Topliss-reactive ketones (excluding diaryl/α,β-unsaturated/α-hetero) is 1. The number of nitrogens with zero attached hydrogens (tertiary/aromatic N) is 1.